The molecule has 5 heteroatoms. The van der Waals surface area contributed by atoms with Crippen LogP contribution in [0.4, 0.5) is 0 Å². The Bertz CT molecular complexity index is 844. The molecule has 0 saturated carbocycles. The van der Waals surface area contributed by atoms with Gasteiger partial charge >= 0.3 is 0 Å². The predicted molar refractivity (Wildman–Crippen MR) is 114 cm³/mol. The first kappa shape index (κ1) is 19.9. The number of nitrogens with one attached hydrogen (secondary N) is 2. The van der Waals surface area contributed by atoms with Crippen molar-refractivity contribution in [1.29, 1.82) is 0 Å². The number of guanidine groups is 1. The van der Waals surface area contributed by atoms with Crippen LogP contribution >= 0.6 is 0 Å². The summed E-state index contributed by atoms with van der Waals surface area (Å²) in [5, 5.41) is 6.76. The maximum Gasteiger partial charge on any atom is 0.241 e. The maximum atomic E-state index is 12.0. The van der Waals surface area contributed by atoms with Crippen LogP contribution in [0, 0.1) is 6.92 Å². The van der Waals surface area contributed by atoms with Gasteiger partial charge in [0.25, 0.3) is 0 Å². The fraction of sp³-hybridized carbons (Fsp3) is 0.391. The zero-order valence-corrected chi connectivity index (χ0v) is 17.0. The van der Waals surface area contributed by atoms with Gasteiger partial charge in [-0.2, -0.15) is 0 Å². The number of hydrogen-bond donors (Lipinski definition) is 2. The Morgan fingerprint density at radius 2 is 1.82 bits per heavy atom. The first-order chi connectivity index (χ1) is 13.5. The van der Waals surface area contributed by atoms with E-state index in [1.54, 1.807) is 19.0 Å². The van der Waals surface area contributed by atoms with Gasteiger partial charge in [0.2, 0.25) is 5.91 Å². The summed E-state index contributed by atoms with van der Waals surface area (Å²) in [6, 6.07) is 17.2. The Labute approximate surface area is 167 Å². The molecule has 3 rings (SSSR count). The molecule has 2 aromatic carbocycles. The largest absolute Gasteiger partial charge is 0.353 e. The molecule has 1 unspecified atom stereocenters. The van der Waals surface area contributed by atoms with E-state index in [0.29, 0.717) is 18.5 Å². The van der Waals surface area contributed by atoms with E-state index in [9.17, 15) is 4.79 Å². The molecular weight excluding hydrogens is 348 g/mol. The van der Waals surface area contributed by atoms with Crippen LogP contribution in [0.25, 0.3) is 0 Å². The number of nitrogens with zero attached hydrogens (tertiary/aromatic N) is 2. The summed E-state index contributed by atoms with van der Waals surface area (Å²) in [5.74, 6) is 0.724. The second kappa shape index (κ2) is 9.40. The normalized spacial score (nSPS) is 16.2. The molecule has 1 amide bonds. The quantitative estimate of drug-likeness (QED) is 0.621. The fourth-order valence-corrected chi connectivity index (χ4v) is 3.44. The standard InChI is InChI=1S/C23H30N4O/c1-17-8-4-5-11-20(17)15-24-23(25-16-22(28)27(2)3)26-21-13-12-18-9-6-7-10-19(18)14-21/h4-11,21H,12-16H2,1-3H3,(H2,24,25,26). The molecule has 1 aliphatic rings. The van der Waals surface area contributed by atoms with Gasteiger partial charge in [-0.25, -0.2) is 4.99 Å². The van der Waals surface area contributed by atoms with Crippen molar-refractivity contribution < 1.29 is 4.79 Å². The highest BCUT2D eigenvalue weighted by atomic mass is 16.2. The zero-order chi connectivity index (χ0) is 19.9. The Kier molecular flexibility index (Phi) is 6.69. The van der Waals surface area contributed by atoms with Crippen molar-refractivity contribution in [2.75, 3.05) is 20.6 Å². The summed E-state index contributed by atoms with van der Waals surface area (Å²) >= 11 is 0. The lowest BCUT2D eigenvalue weighted by atomic mass is 9.88. The van der Waals surface area contributed by atoms with Crippen molar-refractivity contribution in [2.45, 2.75) is 38.8 Å². The van der Waals surface area contributed by atoms with Crippen LogP contribution in [-0.4, -0.2) is 43.4 Å². The highest BCUT2D eigenvalue weighted by molar-refractivity contribution is 5.86. The van der Waals surface area contributed by atoms with E-state index < -0.39 is 0 Å². The van der Waals surface area contributed by atoms with Crippen molar-refractivity contribution in [1.82, 2.24) is 15.5 Å². The molecule has 0 saturated heterocycles. The molecule has 0 bridgehead atoms. The van der Waals surface area contributed by atoms with Gasteiger partial charge in [0.05, 0.1) is 13.1 Å². The first-order valence-electron chi connectivity index (χ1n) is 9.89. The molecule has 1 aliphatic carbocycles. The molecule has 0 heterocycles. The van der Waals surface area contributed by atoms with E-state index in [0.717, 1.165) is 19.3 Å². The molecule has 0 radical (unpaired) electrons. The van der Waals surface area contributed by atoms with E-state index >= 15 is 0 Å². The number of aliphatic imine (C=N–C) groups is 1. The van der Waals surface area contributed by atoms with Gasteiger partial charge in [0, 0.05) is 20.1 Å². The number of aryl methyl sites for hydroxylation is 2. The van der Waals surface area contributed by atoms with Gasteiger partial charge in [0.1, 0.15) is 0 Å². The molecule has 0 spiro atoms. The van der Waals surface area contributed by atoms with Crippen molar-refractivity contribution in [3.63, 3.8) is 0 Å². The van der Waals surface area contributed by atoms with Crippen molar-refractivity contribution in [2.24, 2.45) is 4.99 Å². The molecule has 1 atom stereocenters. The molecule has 148 valence electrons. The van der Waals surface area contributed by atoms with Crippen molar-refractivity contribution >= 4 is 11.9 Å². The fourth-order valence-electron chi connectivity index (χ4n) is 3.44. The minimum Gasteiger partial charge on any atom is -0.353 e. The summed E-state index contributed by atoms with van der Waals surface area (Å²) < 4.78 is 0. The number of fused-ring (bicyclic) bond motifs is 1. The molecule has 2 aromatic rings. The lowest BCUT2D eigenvalue weighted by Gasteiger charge is -2.27. The summed E-state index contributed by atoms with van der Waals surface area (Å²) in [7, 11) is 3.53. The SMILES string of the molecule is Cc1ccccc1CN=C(NCC(=O)N(C)C)NC1CCc2ccccc2C1. The molecule has 0 aliphatic heterocycles. The Morgan fingerprint density at radius 3 is 2.57 bits per heavy atom. The third-order valence-corrected chi connectivity index (χ3v) is 5.26. The van der Waals surface area contributed by atoms with Gasteiger partial charge in [-0.3, -0.25) is 4.79 Å². The van der Waals surface area contributed by atoms with Crippen LogP contribution in [0.15, 0.2) is 53.5 Å². The Balaban J connectivity index is 1.69. The Hall–Kier alpha value is -2.82. The van der Waals surface area contributed by atoms with Gasteiger partial charge in [-0.15, -0.1) is 0 Å². The molecule has 5 nitrogen and oxygen atoms in total. The van der Waals surface area contributed by atoms with Crippen LogP contribution in [0.5, 0.6) is 0 Å². The van der Waals surface area contributed by atoms with Gasteiger partial charge < -0.3 is 15.5 Å². The van der Waals surface area contributed by atoms with E-state index in [1.165, 1.54) is 22.3 Å². The summed E-state index contributed by atoms with van der Waals surface area (Å²) in [5.41, 5.74) is 5.25. The van der Waals surface area contributed by atoms with E-state index in [1.807, 2.05) is 12.1 Å². The topological polar surface area (TPSA) is 56.7 Å². The van der Waals surface area contributed by atoms with Gasteiger partial charge in [-0.1, -0.05) is 48.5 Å². The average Bonchev–Trinajstić information content (AvgIpc) is 2.70. The maximum absolute atomic E-state index is 12.0. The van der Waals surface area contributed by atoms with E-state index in [4.69, 9.17) is 4.99 Å². The molecular formula is C23H30N4O. The van der Waals surface area contributed by atoms with Crippen molar-refractivity contribution in [3.05, 3.63) is 70.8 Å². The number of rotatable bonds is 5. The smallest absolute Gasteiger partial charge is 0.241 e. The number of carbonyl (C=O) groups is 1. The summed E-state index contributed by atoms with van der Waals surface area (Å²) in [6.45, 7) is 2.91. The predicted octanol–water partition coefficient (Wildman–Crippen LogP) is 2.68. The Morgan fingerprint density at radius 1 is 1.11 bits per heavy atom. The first-order valence-corrected chi connectivity index (χ1v) is 9.89. The van der Waals surface area contributed by atoms with Crippen LogP contribution in [0.3, 0.4) is 0 Å². The number of carbonyl (C=O) groups excluding carboxylic acids is 1. The highest BCUT2D eigenvalue weighted by Crippen LogP contribution is 2.21. The molecule has 28 heavy (non-hydrogen) atoms. The number of benzene rings is 2. The van der Waals surface area contributed by atoms with E-state index in [-0.39, 0.29) is 12.5 Å². The zero-order valence-electron chi connectivity index (χ0n) is 17.0. The van der Waals surface area contributed by atoms with Crippen LogP contribution in [0.2, 0.25) is 0 Å². The third kappa shape index (κ3) is 5.35. The van der Waals surface area contributed by atoms with Gasteiger partial charge in [0.15, 0.2) is 5.96 Å². The minimum absolute atomic E-state index is 0.0272. The van der Waals surface area contributed by atoms with Crippen molar-refractivity contribution in [3.8, 4) is 0 Å². The molecule has 0 fully saturated rings. The molecule has 0 aromatic heterocycles. The van der Waals surface area contributed by atoms with Crippen LogP contribution < -0.4 is 10.6 Å². The third-order valence-electron chi connectivity index (χ3n) is 5.26. The summed E-state index contributed by atoms with van der Waals surface area (Å²) in [4.78, 5) is 18.4. The number of likely N-dealkylation sites (N-methyl/N-ethyl adjacent to an activating group) is 1. The lowest BCUT2D eigenvalue weighted by molar-refractivity contribution is -0.127. The number of amides is 1. The van der Waals surface area contributed by atoms with Crippen LogP contribution in [-0.2, 0) is 24.2 Å². The highest BCUT2D eigenvalue weighted by Gasteiger charge is 2.19. The lowest BCUT2D eigenvalue weighted by Crippen LogP contribution is -2.48. The van der Waals surface area contributed by atoms with Gasteiger partial charge in [-0.05, 0) is 48.4 Å². The second-order valence-corrected chi connectivity index (χ2v) is 7.59. The molecule has 2 N–H and O–H groups in total. The van der Waals surface area contributed by atoms with E-state index in [2.05, 4.69) is 54.0 Å². The summed E-state index contributed by atoms with van der Waals surface area (Å²) in [6.07, 6.45) is 3.10. The monoisotopic (exact) mass is 378 g/mol. The minimum atomic E-state index is 0.0272. The average molecular weight is 379 g/mol. The second-order valence-electron chi connectivity index (χ2n) is 7.59. The van der Waals surface area contributed by atoms with Crippen LogP contribution in [0.1, 0.15) is 28.7 Å². The number of hydrogen-bond acceptors (Lipinski definition) is 2.